The highest BCUT2D eigenvalue weighted by Crippen LogP contribution is 2.27. The average Bonchev–Trinajstić information content (AvgIpc) is 2.04. The lowest BCUT2D eigenvalue weighted by Crippen LogP contribution is -2.29. The Kier molecular flexibility index (Phi) is 1.43. The molecule has 0 amide bonds. The maximum Gasteiger partial charge on any atom is 0.214 e. The van der Waals surface area contributed by atoms with E-state index in [1.165, 1.54) is 0 Å². The van der Waals surface area contributed by atoms with Crippen molar-refractivity contribution in [2.75, 3.05) is 11.9 Å². The van der Waals surface area contributed by atoms with Gasteiger partial charge in [0.1, 0.15) is 5.75 Å². The van der Waals surface area contributed by atoms with Crippen LogP contribution in [0.4, 0.5) is 5.69 Å². The minimum Gasteiger partial charge on any atom is -0.461 e. The number of benzene rings is 1. The molecule has 1 aromatic rings. The van der Waals surface area contributed by atoms with Crippen LogP contribution in [0, 0.1) is 0 Å². The standard InChI is InChI=1S/C8H9NO2/c10-8-5-9-6-3-1-2-4-7(6)11-8/h1-4,8-10H,5H2. The number of rotatable bonds is 0. The highest BCUT2D eigenvalue weighted by atomic mass is 16.6. The van der Waals surface area contributed by atoms with Gasteiger partial charge in [-0.3, -0.25) is 0 Å². The van der Waals surface area contributed by atoms with Crippen molar-refractivity contribution >= 4 is 5.69 Å². The van der Waals surface area contributed by atoms with Crippen molar-refractivity contribution in [1.82, 2.24) is 0 Å². The van der Waals surface area contributed by atoms with Crippen molar-refractivity contribution in [3.05, 3.63) is 24.3 Å². The zero-order chi connectivity index (χ0) is 7.68. The fourth-order valence-corrected chi connectivity index (χ4v) is 1.10. The van der Waals surface area contributed by atoms with Crippen molar-refractivity contribution in [1.29, 1.82) is 0 Å². The van der Waals surface area contributed by atoms with Crippen LogP contribution in [-0.4, -0.2) is 17.9 Å². The van der Waals surface area contributed by atoms with Crippen LogP contribution in [0.3, 0.4) is 0 Å². The predicted molar refractivity (Wildman–Crippen MR) is 41.6 cm³/mol. The van der Waals surface area contributed by atoms with Crippen molar-refractivity contribution in [2.45, 2.75) is 6.29 Å². The topological polar surface area (TPSA) is 41.5 Å². The van der Waals surface area contributed by atoms with Crippen LogP contribution < -0.4 is 10.1 Å². The van der Waals surface area contributed by atoms with Crippen molar-refractivity contribution in [2.24, 2.45) is 0 Å². The monoisotopic (exact) mass is 151 g/mol. The molecule has 0 aliphatic carbocycles. The van der Waals surface area contributed by atoms with E-state index in [4.69, 9.17) is 9.84 Å². The molecule has 11 heavy (non-hydrogen) atoms. The van der Waals surface area contributed by atoms with Crippen LogP contribution >= 0.6 is 0 Å². The molecule has 0 aromatic heterocycles. The van der Waals surface area contributed by atoms with E-state index in [0.29, 0.717) is 12.3 Å². The van der Waals surface area contributed by atoms with Gasteiger partial charge in [-0.2, -0.15) is 0 Å². The lowest BCUT2D eigenvalue weighted by atomic mass is 10.2. The van der Waals surface area contributed by atoms with Crippen LogP contribution in [-0.2, 0) is 0 Å². The molecule has 3 nitrogen and oxygen atoms in total. The Morgan fingerprint density at radius 3 is 3.18 bits per heavy atom. The average molecular weight is 151 g/mol. The van der Waals surface area contributed by atoms with E-state index in [1.54, 1.807) is 0 Å². The summed E-state index contributed by atoms with van der Waals surface area (Å²) in [6.07, 6.45) is -0.718. The molecule has 1 aromatic carbocycles. The minimum atomic E-state index is -0.718. The van der Waals surface area contributed by atoms with Crippen molar-refractivity contribution < 1.29 is 9.84 Å². The van der Waals surface area contributed by atoms with E-state index in [2.05, 4.69) is 5.32 Å². The number of hydrogen-bond acceptors (Lipinski definition) is 3. The summed E-state index contributed by atoms with van der Waals surface area (Å²) in [4.78, 5) is 0. The van der Waals surface area contributed by atoms with Crippen molar-refractivity contribution in [3.63, 3.8) is 0 Å². The molecule has 0 spiro atoms. The summed E-state index contributed by atoms with van der Waals surface area (Å²) in [5, 5.41) is 12.1. The van der Waals surface area contributed by atoms with Gasteiger partial charge in [-0.25, -0.2) is 0 Å². The Hall–Kier alpha value is -1.22. The maximum absolute atomic E-state index is 9.07. The molecule has 0 radical (unpaired) electrons. The van der Waals surface area contributed by atoms with Gasteiger partial charge in [0, 0.05) is 0 Å². The van der Waals surface area contributed by atoms with Crippen LogP contribution in [0.15, 0.2) is 24.3 Å². The summed E-state index contributed by atoms with van der Waals surface area (Å²) in [7, 11) is 0. The number of β-amino-alcohol motifs (C(OH)–C–C–N with tert-alkyl or cyclic N) is 1. The van der Waals surface area contributed by atoms with E-state index in [0.717, 1.165) is 5.69 Å². The molecule has 0 bridgehead atoms. The lowest BCUT2D eigenvalue weighted by Gasteiger charge is -2.23. The molecule has 0 saturated carbocycles. The number of aliphatic hydroxyl groups is 1. The quantitative estimate of drug-likeness (QED) is 0.576. The van der Waals surface area contributed by atoms with Gasteiger partial charge in [0.25, 0.3) is 0 Å². The molecular weight excluding hydrogens is 142 g/mol. The summed E-state index contributed by atoms with van der Waals surface area (Å²) < 4.78 is 5.12. The summed E-state index contributed by atoms with van der Waals surface area (Å²) in [5.41, 5.74) is 0.942. The number of hydrogen-bond donors (Lipinski definition) is 2. The third-order valence-electron chi connectivity index (χ3n) is 1.62. The van der Waals surface area contributed by atoms with Gasteiger partial charge < -0.3 is 15.2 Å². The first-order valence-electron chi connectivity index (χ1n) is 3.54. The summed E-state index contributed by atoms with van der Waals surface area (Å²) >= 11 is 0. The zero-order valence-corrected chi connectivity index (χ0v) is 5.95. The molecule has 0 fully saturated rings. The molecule has 1 aliphatic heterocycles. The second-order valence-electron chi connectivity index (χ2n) is 2.45. The molecule has 58 valence electrons. The Morgan fingerprint density at radius 1 is 1.45 bits per heavy atom. The van der Waals surface area contributed by atoms with Gasteiger partial charge in [-0.15, -0.1) is 0 Å². The van der Waals surface area contributed by atoms with Gasteiger partial charge in [0.05, 0.1) is 12.2 Å². The SMILES string of the molecule is OC1CNc2ccccc2O1. The summed E-state index contributed by atoms with van der Waals surface area (Å²) in [5.74, 6) is 0.714. The molecular formula is C8H9NO2. The third-order valence-corrected chi connectivity index (χ3v) is 1.62. The third kappa shape index (κ3) is 1.14. The van der Waals surface area contributed by atoms with Crippen LogP contribution in [0.5, 0.6) is 5.75 Å². The molecule has 0 saturated heterocycles. The van der Waals surface area contributed by atoms with Gasteiger partial charge in [0.15, 0.2) is 0 Å². The molecule has 2 rings (SSSR count). The fraction of sp³-hybridized carbons (Fsp3) is 0.250. The normalized spacial score (nSPS) is 21.4. The first-order valence-corrected chi connectivity index (χ1v) is 3.54. The highest BCUT2D eigenvalue weighted by molar-refractivity contribution is 5.57. The Bertz CT molecular complexity index is 262. The van der Waals surface area contributed by atoms with E-state index in [1.807, 2.05) is 24.3 Å². The number of nitrogens with one attached hydrogen (secondary N) is 1. The number of fused-ring (bicyclic) bond motifs is 1. The van der Waals surface area contributed by atoms with Crippen LogP contribution in [0.25, 0.3) is 0 Å². The zero-order valence-electron chi connectivity index (χ0n) is 5.95. The number of aliphatic hydroxyl groups excluding tert-OH is 1. The number of ether oxygens (including phenoxy) is 1. The van der Waals surface area contributed by atoms with Gasteiger partial charge in [0.2, 0.25) is 6.29 Å². The molecule has 1 aliphatic rings. The first-order chi connectivity index (χ1) is 5.36. The first kappa shape index (κ1) is 6.49. The van der Waals surface area contributed by atoms with E-state index >= 15 is 0 Å². The molecule has 1 atom stereocenters. The maximum atomic E-state index is 9.07. The summed E-state index contributed by atoms with van der Waals surface area (Å²) in [6.45, 7) is 0.455. The van der Waals surface area contributed by atoms with Gasteiger partial charge in [-0.1, -0.05) is 12.1 Å². The van der Waals surface area contributed by atoms with Crippen LogP contribution in [0.1, 0.15) is 0 Å². The van der Waals surface area contributed by atoms with Gasteiger partial charge in [-0.05, 0) is 12.1 Å². The minimum absolute atomic E-state index is 0.455. The molecule has 2 N–H and O–H groups in total. The second-order valence-corrected chi connectivity index (χ2v) is 2.45. The van der Waals surface area contributed by atoms with E-state index in [-0.39, 0.29) is 0 Å². The Balaban J connectivity index is 2.34. The Morgan fingerprint density at radius 2 is 2.27 bits per heavy atom. The van der Waals surface area contributed by atoms with E-state index in [9.17, 15) is 0 Å². The molecule has 1 unspecified atom stereocenters. The number of para-hydroxylation sites is 2. The predicted octanol–water partition coefficient (Wildman–Crippen LogP) is 0.809. The van der Waals surface area contributed by atoms with Crippen molar-refractivity contribution in [3.8, 4) is 5.75 Å². The Labute approximate surface area is 64.6 Å². The summed E-state index contributed by atoms with van der Waals surface area (Å²) in [6, 6.07) is 7.54. The highest BCUT2D eigenvalue weighted by Gasteiger charge is 2.14. The fourth-order valence-electron chi connectivity index (χ4n) is 1.10. The van der Waals surface area contributed by atoms with Gasteiger partial charge >= 0.3 is 0 Å². The number of anilines is 1. The smallest absolute Gasteiger partial charge is 0.214 e. The molecule has 1 heterocycles. The van der Waals surface area contributed by atoms with E-state index < -0.39 is 6.29 Å². The largest absolute Gasteiger partial charge is 0.461 e. The lowest BCUT2D eigenvalue weighted by molar-refractivity contribution is -0.00980. The van der Waals surface area contributed by atoms with Crippen LogP contribution in [0.2, 0.25) is 0 Å². The molecule has 3 heteroatoms. The second kappa shape index (κ2) is 2.43.